The van der Waals surface area contributed by atoms with Crippen molar-refractivity contribution >= 4 is 5.91 Å². The lowest BCUT2D eigenvalue weighted by Crippen LogP contribution is -2.32. The SMILES string of the molecule is NC1CC[C@@H]2CN(C(=O)c3ccc(F)c(F)c3F)C[C@@H]2C1. The van der Waals surface area contributed by atoms with Gasteiger partial charge in [0.05, 0.1) is 5.56 Å². The first-order chi connectivity index (χ1) is 9.97. The number of fused-ring (bicyclic) bond motifs is 1. The quantitative estimate of drug-likeness (QED) is 0.809. The third-order valence-electron chi connectivity index (χ3n) is 4.64. The Bertz CT molecular complexity index is 578. The molecule has 3 rings (SSSR count). The van der Waals surface area contributed by atoms with Crippen molar-refractivity contribution in [2.75, 3.05) is 13.1 Å². The number of halogens is 3. The Morgan fingerprint density at radius 2 is 1.81 bits per heavy atom. The van der Waals surface area contributed by atoms with Crippen molar-refractivity contribution in [3.63, 3.8) is 0 Å². The van der Waals surface area contributed by atoms with Crippen LogP contribution in [0.3, 0.4) is 0 Å². The van der Waals surface area contributed by atoms with Gasteiger partial charge < -0.3 is 10.6 Å². The topological polar surface area (TPSA) is 46.3 Å². The van der Waals surface area contributed by atoms with Gasteiger partial charge in [0.1, 0.15) is 0 Å². The van der Waals surface area contributed by atoms with Gasteiger partial charge in [-0.05, 0) is 43.2 Å². The molecule has 1 aliphatic carbocycles. The minimum Gasteiger partial charge on any atom is -0.338 e. The van der Waals surface area contributed by atoms with Gasteiger partial charge >= 0.3 is 0 Å². The highest BCUT2D eigenvalue weighted by Gasteiger charge is 2.39. The molecular formula is C15H17F3N2O. The zero-order valence-corrected chi connectivity index (χ0v) is 11.5. The summed E-state index contributed by atoms with van der Waals surface area (Å²) in [6.45, 7) is 1.05. The maximum absolute atomic E-state index is 13.7. The van der Waals surface area contributed by atoms with Crippen molar-refractivity contribution < 1.29 is 18.0 Å². The molecule has 1 heterocycles. The molecule has 21 heavy (non-hydrogen) atoms. The number of nitrogens with zero attached hydrogens (tertiary/aromatic N) is 1. The summed E-state index contributed by atoms with van der Waals surface area (Å²) in [4.78, 5) is 13.9. The minimum absolute atomic E-state index is 0.154. The summed E-state index contributed by atoms with van der Waals surface area (Å²) in [5.41, 5.74) is 5.52. The molecule has 0 spiro atoms. The molecule has 6 heteroatoms. The molecule has 114 valence electrons. The molecule has 2 aliphatic rings. The molecule has 1 unspecified atom stereocenters. The lowest BCUT2D eigenvalue weighted by Gasteiger charge is -2.27. The van der Waals surface area contributed by atoms with Crippen LogP contribution in [-0.4, -0.2) is 29.9 Å². The molecule has 1 saturated heterocycles. The second-order valence-corrected chi connectivity index (χ2v) is 6.03. The molecule has 1 aromatic carbocycles. The van der Waals surface area contributed by atoms with Crippen LogP contribution in [0, 0.1) is 29.3 Å². The van der Waals surface area contributed by atoms with E-state index in [-0.39, 0.29) is 6.04 Å². The van der Waals surface area contributed by atoms with E-state index in [0.717, 1.165) is 31.4 Å². The number of likely N-dealkylation sites (tertiary alicyclic amines) is 1. The van der Waals surface area contributed by atoms with Crippen LogP contribution in [0.15, 0.2) is 12.1 Å². The normalized spacial score (nSPS) is 28.6. The molecule has 1 aromatic rings. The fourth-order valence-electron chi connectivity index (χ4n) is 3.49. The van der Waals surface area contributed by atoms with Crippen molar-refractivity contribution in [1.29, 1.82) is 0 Å². The third-order valence-corrected chi connectivity index (χ3v) is 4.64. The second-order valence-electron chi connectivity index (χ2n) is 6.03. The second kappa shape index (κ2) is 5.33. The first kappa shape index (κ1) is 14.4. The number of rotatable bonds is 1. The summed E-state index contributed by atoms with van der Waals surface area (Å²) in [5.74, 6) is -4.17. The standard InChI is InChI=1S/C15H17F3N2O/c16-12-4-3-11(13(17)14(12)18)15(21)20-6-8-1-2-10(19)5-9(8)7-20/h3-4,8-10H,1-2,5-7,19H2/t8-,9+,10?/m1/s1. The zero-order valence-electron chi connectivity index (χ0n) is 11.5. The lowest BCUT2D eigenvalue weighted by atomic mass is 9.79. The number of nitrogens with two attached hydrogens (primary N) is 1. The lowest BCUT2D eigenvalue weighted by molar-refractivity contribution is 0.0778. The summed E-state index contributed by atoms with van der Waals surface area (Å²) in [7, 11) is 0. The van der Waals surface area contributed by atoms with E-state index in [1.807, 2.05) is 0 Å². The van der Waals surface area contributed by atoms with Crippen LogP contribution in [-0.2, 0) is 0 Å². The summed E-state index contributed by atoms with van der Waals surface area (Å²) >= 11 is 0. The fraction of sp³-hybridized carbons (Fsp3) is 0.533. The van der Waals surface area contributed by atoms with E-state index < -0.39 is 28.9 Å². The van der Waals surface area contributed by atoms with Crippen LogP contribution in [0.25, 0.3) is 0 Å². The minimum atomic E-state index is -1.60. The Morgan fingerprint density at radius 3 is 2.57 bits per heavy atom. The van der Waals surface area contributed by atoms with Crippen LogP contribution in [0.1, 0.15) is 29.6 Å². The highest BCUT2D eigenvalue weighted by molar-refractivity contribution is 5.94. The van der Waals surface area contributed by atoms with E-state index in [2.05, 4.69) is 0 Å². The van der Waals surface area contributed by atoms with Gasteiger partial charge in [0.25, 0.3) is 5.91 Å². The molecule has 0 bridgehead atoms. The van der Waals surface area contributed by atoms with Crippen LogP contribution in [0.4, 0.5) is 13.2 Å². The highest BCUT2D eigenvalue weighted by Crippen LogP contribution is 2.36. The average molecular weight is 298 g/mol. The van der Waals surface area contributed by atoms with E-state index in [1.165, 1.54) is 4.90 Å². The van der Waals surface area contributed by atoms with Crippen LogP contribution >= 0.6 is 0 Å². The Hall–Kier alpha value is -1.56. The number of hydrogen-bond acceptors (Lipinski definition) is 2. The van der Waals surface area contributed by atoms with Crippen molar-refractivity contribution in [2.24, 2.45) is 17.6 Å². The van der Waals surface area contributed by atoms with Gasteiger partial charge in [-0.25, -0.2) is 13.2 Å². The molecule has 2 N–H and O–H groups in total. The third kappa shape index (κ3) is 2.52. The first-order valence-corrected chi connectivity index (χ1v) is 7.15. The number of benzene rings is 1. The van der Waals surface area contributed by atoms with Gasteiger partial charge in [0.15, 0.2) is 17.5 Å². The maximum atomic E-state index is 13.7. The van der Waals surface area contributed by atoms with Crippen LogP contribution < -0.4 is 5.73 Å². The molecule has 1 amide bonds. The summed E-state index contributed by atoms with van der Waals surface area (Å²) in [5, 5.41) is 0. The largest absolute Gasteiger partial charge is 0.338 e. The van der Waals surface area contributed by atoms with E-state index in [9.17, 15) is 18.0 Å². The predicted molar refractivity (Wildman–Crippen MR) is 71.0 cm³/mol. The smallest absolute Gasteiger partial charge is 0.256 e. The first-order valence-electron chi connectivity index (χ1n) is 7.15. The van der Waals surface area contributed by atoms with E-state index >= 15 is 0 Å². The molecule has 1 saturated carbocycles. The van der Waals surface area contributed by atoms with Crippen LogP contribution in [0.2, 0.25) is 0 Å². The molecule has 2 fully saturated rings. The highest BCUT2D eigenvalue weighted by atomic mass is 19.2. The molecular weight excluding hydrogens is 281 g/mol. The molecule has 0 aromatic heterocycles. The van der Waals surface area contributed by atoms with Gasteiger partial charge in [-0.15, -0.1) is 0 Å². The molecule has 3 nitrogen and oxygen atoms in total. The predicted octanol–water partition coefficient (Wildman–Crippen LogP) is 2.30. The van der Waals surface area contributed by atoms with E-state index in [0.29, 0.717) is 24.9 Å². The summed E-state index contributed by atoms with van der Waals surface area (Å²) in [6.07, 6.45) is 2.74. The number of carbonyl (C=O) groups is 1. The average Bonchev–Trinajstić information content (AvgIpc) is 2.87. The monoisotopic (exact) mass is 298 g/mol. The fourth-order valence-corrected chi connectivity index (χ4v) is 3.49. The number of hydrogen-bond donors (Lipinski definition) is 1. The van der Waals surface area contributed by atoms with Crippen molar-refractivity contribution in [3.05, 3.63) is 35.1 Å². The summed E-state index contributed by atoms with van der Waals surface area (Å²) in [6, 6.07) is 1.94. The van der Waals surface area contributed by atoms with Gasteiger partial charge in [-0.1, -0.05) is 0 Å². The zero-order chi connectivity index (χ0) is 15.1. The Morgan fingerprint density at radius 1 is 1.10 bits per heavy atom. The van der Waals surface area contributed by atoms with Gasteiger partial charge in [-0.3, -0.25) is 4.79 Å². The van der Waals surface area contributed by atoms with Crippen molar-refractivity contribution in [3.8, 4) is 0 Å². The summed E-state index contributed by atoms with van der Waals surface area (Å²) < 4.78 is 39.9. The Kier molecular flexibility index (Phi) is 3.65. The molecule has 3 atom stereocenters. The Balaban J connectivity index is 1.79. The Labute approximate surface area is 120 Å². The molecule has 0 radical (unpaired) electrons. The van der Waals surface area contributed by atoms with E-state index in [4.69, 9.17) is 5.73 Å². The maximum Gasteiger partial charge on any atom is 0.256 e. The van der Waals surface area contributed by atoms with Crippen LogP contribution in [0.5, 0.6) is 0 Å². The number of amides is 1. The van der Waals surface area contributed by atoms with Crippen molar-refractivity contribution in [2.45, 2.75) is 25.3 Å². The number of carbonyl (C=O) groups excluding carboxylic acids is 1. The van der Waals surface area contributed by atoms with Gasteiger partial charge in [0, 0.05) is 19.1 Å². The van der Waals surface area contributed by atoms with E-state index in [1.54, 1.807) is 0 Å². The van der Waals surface area contributed by atoms with Gasteiger partial charge in [-0.2, -0.15) is 0 Å². The van der Waals surface area contributed by atoms with Gasteiger partial charge in [0.2, 0.25) is 0 Å². The molecule has 1 aliphatic heterocycles. The van der Waals surface area contributed by atoms with Crippen molar-refractivity contribution in [1.82, 2.24) is 4.90 Å².